The van der Waals surface area contributed by atoms with Crippen LogP contribution in [0.25, 0.3) is 5.69 Å². The third-order valence-electron chi connectivity index (χ3n) is 7.33. The van der Waals surface area contributed by atoms with E-state index in [9.17, 15) is 19.2 Å². The van der Waals surface area contributed by atoms with Gasteiger partial charge in [0.1, 0.15) is 6.04 Å². The first-order valence-electron chi connectivity index (χ1n) is 12.1. The Hall–Kier alpha value is -3.64. The third kappa shape index (κ3) is 4.49. The number of carbonyl (C=O) groups excluding carboxylic acids is 4. The molecule has 3 aliphatic heterocycles. The highest BCUT2D eigenvalue weighted by molar-refractivity contribution is 6.05. The zero-order valence-corrected chi connectivity index (χ0v) is 20.6. The Balaban J connectivity index is 1.27. The summed E-state index contributed by atoms with van der Waals surface area (Å²) in [5.41, 5.74) is 2.12. The van der Waals surface area contributed by atoms with Crippen LogP contribution in [0.5, 0.6) is 0 Å². The van der Waals surface area contributed by atoms with Gasteiger partial charge in [-0.05, 0) is 51.2 Å². The van der Waals surface area contributed by atoms with E-state index in [0.29, 0.717) is 17.7 Å². The Morgan fingerprint density at radius 2 is 2.00 bits per heavy atom. The van der Waals surface area contributed by atoms with Crippen LogP contribution < -0.4 is 10.6 Å². The fraction of sp³-hybridized carbons (Fsp3) is 0.500. The van der Waals surface area contributed by atoms with Gasteiger partial charge in [-0.2, -0.15) is 0 Å². The summed E-state index contributed by atoms with van der Waals surface area (Å²) in [6.45, 7) is 5.07. The highest BCUT2D eigenvalue weighted by Crippen LogP contribution is 2.29. The van der Waals surface area contributed by atoms with Crippen LogP contribution in [0.3, 0.4) is 0 Å². The Bertz CT molecular complexity index is 1230. The highest BCUT2D eigenvalue weighted by atomic mass is 16.2. The second-order valence-electron chi connectivity index (χ2n) is 9.86. The van der Waals surface area contributed by atoms with Crippen molar-refractivity contribution in [3.05, 3.63) is 41.2 Å². The van der Waals surface area contributed by atoms with Crippen LogP contribution in [0.4, 0.5) is 0 Å². The van der Waals surface area contributed by atoms with E-state index < -0.39 is 11.9 Å². The minimum Gasteiger partial charge on any atom is -0.347 e. The number of imide groups is 1. The maximum absolute atomic E-state index is 12.9. The van der Waals surface area contributed by atoms with Gasteiger partial charge < -0.3 is 15.1 Å². The van der Waals surface area contributed by atoms with Gasteiger partial charge in [0.05, 0.1) is 11.9 Å². The smallest absolute Gasteiger partial charge is 0.273 e. The summed E-state index contributed by atoms with van der Waals surface area (Å²) in [5, 5.41) is 13.5. The summed E-state index contributed by atoms with van der Waals surface area (Å²) < 4.78 is 1.50. The summed E-state index contributed by atoms with van der Waals surface area (Å²) in [6, 6.07) is 4.70. The van der Waals surface area contributed by atoms with Crippen molar-refractivity contribution in [2.45, 2.75) is 44.4 Å². The van der Waals surface area contributed by atoms with Crippen molar-refractivity contribution in [3.63, 3.8) is 0 Å². The molecule has 12 nitrogen and oxygen atoms in total. The van der Waals surface area contributed by atoms with Crippen LogP contribution in [0, 0.1) is 0 Å². The number of piperidine rings is 1. The van der Waals surface area contributed by atoms with Gasteiger partial charge in [0.25, 0.3) is 11.8 Å². The number of fused-ring (bicyclic) bond motifs is 1. The molecule has 0 radical (unpaired) electrons. The quantitative estimate of drug-likeness (QED) is 0.526. The van der Waals surface area contributed by atoms with Crippen LogP contribution in [0.2, 0.25) is 0 Å². The van der Waals surface area contributed by atoms with E-state index in [2.05, 4.69) is 44.8 Å². The largest absolute Gasteiger partial charge is 0.347 e. The second-order valence-corrected chi connectivity index (χ2v) is 9.86. The Kier molecular flexibility index (Phi) is 6.31. The molecule has 2 saturated heterocycles. The van der Waals surface area contributed by atoms with Crippen molar-refractivity contribution in [2.24, 2.45) is 0 Å². The monoisotopic (exact) mass is 494 g/mol. The number of rotatable bonds is 5. The molecule has 2 aromatic rings. The van der Waals surface area contributed by atoms with Crippen LogP contribution in [-0.4, -0.2) is 105 Å². The van der Waals surface area contributed by atoms with Crippen molar-refractivity contribution in [3.8, 4) is 5.69 Å². The highest BCUT2D eigenvalue weighted by Gasteiger charge is 2.39. The SMILES string of the molecule is CC(NC(=O)c1cn(-c2ccc3c(c2)CN(C2CCC(=O)NC2=O)C3=O)nn1)C1CN(C)CCN1C. The van der Waals surface area contributed by atoms with Gasteiger partial charge in [-0.1, -0.05) is 5.21 Å². The molecule has 4 amide bonds. The first-order chi connectivity index (χ1) is 17.2. The van der Waals surface area contributed by atoms with Crippen molar-refractivity contribution < 1.29 is 19.2 Å². The number of aromatic nitrogens is 3. The normalized spacial score (nSPS) is 24.0. The van der Waals surface area contributed by atoms with E-state index in [1.54, 1.807) is 18.3 Å². The molecular formula is C24H30N8O4. The molecule has 0 saturated carbocycles. The van der Waals surface area contributed by atoms with Crippen LogP contribution in [0.1, 0.15) is 46.2 Å². The number of hydrogen-bond donors (Lipinski definition) is 2. The summed E-state index contributed by atoms with van der Waals surface area (Å²) in [4.78, 5) is 55.5. The van der Waals surface area contributed by atoms with E-state index in [0.717, 1.165) is 25.2 Å². The first-order valence-corrected chi connectivity index (χ1v) is 12.1. The predicted molar refractivity (Wildman–Crippen MR) is 128 cm³/mol. The topological polar surface area (TPSA) is 133 Å². The average Bonchev–Trinajstić information content (AvgIpc) is 3.46. The maximum Gasteiger partial charge on any atom is 0.273 e. The van der Waals surface area contributed by atoms with E-state index in [1.165, 1.54) is 9.58 Å². The third-order valence-corrected chi connectivity index (χ3v) is 7.33. The average molecular weight is 495 g/mol. The minimum atomic E-state index is -0.669. The molecule has 3 unspecified atom stereocenters. The molecule has 5 rings (SSSR count). The molecule has 4 heterocycles. The zero-order chi connectivity index (χ0) is 25.6. The number of benzene rings is 1. The summed E-state index contributed by atoms with van der Waals surface area (Å²) in [5.74, 6) is -1.30. The summed E-state index contributed by atoms with van der Waals surface area (Å²) >= 11 is 0. The van der Waals surface area contributed by atoms with Crippen LogP contribution in [0.15, 0.2) is 24.4 Å². The fourth-order valence-corrected chi connectivity index (χ4v) is 5.16. The molecule has 0 aliphatic carbocycles. The lowest BCUT2D eigenvalue weighted by Gasteiger charge is -2.40. The molecule has 36 heavy (non-hydrogen) atoms. The number of likely N-dealkylation sites (N-methyl/N-ethyl adjacent to an activating group) is 2. The molecule has 1 aromatic heterocycles. The standard InChI is InChI=1S/C24H30N8O4/c1-14(20-13-29(2)8-9-30(20)3)25-22(34)18-12-32(28-27-18)16-4-5-17-15(10-16)11-31(24(17)36)19-6-7-21(33)26-23(19)35/h4-5,10,12,14,19-20H,6-9,11,13H2,1-3H3,(H,25,34)(H,26,33,35). The Morgan fingerprint density at radius 3 is 2.78 bits per heavy atom. The van der Waals surface area contributed by atoms with Gasteiger partial charge >= 0.3 is 0 Å². The fourth-order valence-electron chi connectivity index (χ4n) is 5.16. The minimum absolute atomic E-state index is 0.0697. The van der Waals surface area contributed by atoms with Crippen molar-refractivity contribution >= 4 is 23.6 Å². The van der Waals surface area contributed by atoms with Gasteiger partial charge in [0.15, 0.2) is 5.69 Å². The Morgan fingerprint density at radius 1 is 1.19 bits per heavy atom. The van der Waals surface area contributed by atoms with E-state index in [4.69, 9.17) is 0 Å². The van der Waals surface area contributed by atoms with E-state index in [1.807, 2.05) is 13.0 Å². The van der Waals surface area contributed by atoms with Crippen LogP contribution in [-0.2, 0) is 16.1 Å². The molecule has 190 valence electrons. The lowest BCUT2D eigenvalue weighted by atomic mass is 10.0. The first kappa shape index (κ1) is 24.1. The van der Waals surface area contributed by atoms with E-state index >= 15 is 0 Å². The molecule has 0 spiro atoms. The number of nitrogens with one attached hydrogen (secondary N) is 2. The molecule has 0 bridgehead atoms. The van der Waals surface area contributed by atoms with Gasteiger partial charge in [-0.3, -0.25) is 29.4 Å². The second kappa shape index (κ2) is 9.43. The maximum atomic E-state index is 12.9. The zero-order valence-electron chi connectivity index (χ0n) is 20.6. The summed E-state index contributed by atoms with van der Waals surface area (Å²) in [6.07, 6.45) is 2.08. The molecule has 2 fully saturated rings. The molecule has 2 N–H and O–H groups in total. The number of hydrogen-bond acceptors (Lipinski definition) is 8. The molecule has 3 atom stereocenters. The van der Waals surface area contributed by atoms with Crippen LogP contribution >= 0.6 is 0 Å². The van der Waals surface area contributed by atoms with Gasteiger partial charge in [-0.15, -0.1) is 5.10 Å². The van der Waals surface area contributed by atoms with Gasteiger partial charge in [0, 0.05) is 50.2 Å². The van der Waals surface area contributed by atoms with Crippen molar-refractivity contribution in [2.75, 3.05) is 33.7 Å². The molecule has 3 aliphatic rings. The lowest BCUT2D eigenvalue weighted by Crippen LogP contribution is -2.58. The number of amides is 4. The molecule has 1 aromatic carbocycles. The number of piperazine rings is 1. The summed E-state index contributed by atoms with van der Waals surface area (Å²) in [7, 11) is 4.14. The van der Waals surface area contributed by atoms with Crippen molar-refractivity contribution in [1.82, 2.24) is 40.3 Å². The van der Waals surface area contributed by atoms with E-state index in [-0.39, 0.29) is 48.5 Å². The Labute approximate surface area is 208 Å². The predicted octanol–water partition coefficient (Wildman–Crippen LogP) is -0.608. The van der Waals surface area contributed by atoms with Gasteiger partial charge in [-0.25, -0.2) is 4.68 Å². The van der Waals surface area contributed by atoms with Crippen molar-refractivity contribution in [1.29, 1.82) is 0 Å². The number of nitrogens with zero attached hydrogens (tertiary/aromatic N) is 6. The number of carbonyl (C=O) groups is 4. The molecular weight excluding hydrogens is 464 g/mol. The molecule has 12 heteroatoms. The van der Waals surface area contributed by atoms with Gasteiger partial charge in [0.2, 0.25) is 11.8 Å². The lowest BCUT2D eigenvalue weighted by molar-refractivity contribution is -0.136.